The summed E-state index contributed by atoms with van der Waals surface area (Å²) in [6, 6.07) is 4.55. The van der Waals surface area contributed by atoms with Crippen LogP contribution >= 0.6 is 0 Å². The molecule has 1 aromatic heterocycles. The van der Waals surface area contributed by atoms with Crippen LogP contribution in [-0.4, -0.2) is 30.0 Å². The van der Waals surface area contributed by atoms with Crippen LogP contribution in [0.1, 0.15) is 0 Å². The van der Waals surface area contributed by atoms with Crippen LogP contribution in [0.2, 0.25) is 0 Å². The highest BCUT2D eigenvalue weighted by Crippen LogP contribution is 2.15. The molecule has 1 aliphatic heterocycles. The minimum Gasteiger partial charge on any atom is -0.396 e. The Labute approximate surface area is 104 Å². The van der Waals surface area contributed by atoms with Crippen LogP contribution in [0.3, 0.4) is 0 Å². The van der Waals surface area contributed by atoms with Gasteiger partial charge in [0.25, 0.3) is 10.0 Å². The summed E-state index contributed by atoms with van der Waals surface area (Å²) >= 11 is 0. The predicted molar refractivity (Wildman–Crippen MR) is 64.5 cm³/mol. The largest absolute Gasteiger partial charge is 0.396 e. The standard InChI is InChI=1S/C11H11N3O3S/c12-9-4-3-7-14(8-10(9)15)18(16,17)11-5-1-2-6-13-11/h1-7H,8,12H2. The molecule has 2 heterocycles. The minimum absolute atomic E-state index is 0.0324. The topological polar surface area (TPSA) is 93.4 Å². The number of pyridine rings is 1. The first kappa shape index (κ1) is 12.3. The fraction of sp³-hybridized carbons (Fsp3) is 0.0909. The summed E-state index contributed by atoms with van der Waals surface area (Å²) in [6.45, 7) is -0.322. The number of aromatic nitrogens is 1. The Bertz CT molecular complexity index is 620. The zero-order valence-corrected chi connectivity index (χ0v) is 10.2. The molecule has 0 aromatic carbocycles. The normalized spacial score (nSPS) is 16.3. The summed E-state index contributed by atoms with van der Waals surface area (Å²) in [4.78, 5) is 15.3. The van der Waals surface area contributed by atoms with Gasteiger partial charge in [0, 0.05) is 12.4 Å². The third kappa shape index (κ3) is 2.25. The van der Waals surface area contributed by atoms with Crippen LogP contribution in [-0.2, 0) is 14.8 Å². The fourth-order valence-electron chi connectivity index (χ4n) is 1.41. The number of ketones is 1. The van der Waals surface area contributed by atoms with Crippen LogP contribution in [0.5, 0.6) is 0 Å². The molecular weight excluding hydrogens is 254 g/mol. The first-order valence-corrected chi connectivity index (χ1v) is 6.56. The van der Waals surface area contributed by atoms with Crippen molar-refractivity contribution in [1.29, 1.82) is 0 Å². The van der Waals surface area contributed by atoms with E-state index < -0.39 is 15.8 Å². The van der Waals surface area contributed by atoms with E-state index in [0.717, 1.165) is 4.31 Å². The van der Waals surface area contributed by atoms with Gasteiger partial charge < -0.3 is 5.73 Å². The second-order valence-corrected chi connectivity index (χ2v) is 5.44. The van der Waals surface area contributed by atoms with Crippen LogP contribution in [0.25, 0.3) is 0 Å². The maximum Gasteiger partial charge on any atom is 0.281 e. The van der Waals surface area contributed by atoms with E-state index in [1.165, 1.54) is 30.6 Å². The van der Waals surface area contributed by atoms with E-state index in [2.05, 4.69) is 4.98 Å². The highest BCUT2D eigenvalue weighted by molar-refractivity contribution is 7.89. The number of Topliss-reactive ketones (excluding diaryl/α,β-unsaturated/α-hetero) is 1. The molecule has 2 N–H and O–H groups in total. The van der Waals surface area contributed by atoms with Crippen molar-refractivity contribution in [3.8, 4) is 0 Å². The maximum atomic E-state index is 12.2. The van der Waals surface area contributed by atoms with Gasteiger partial charge in [0.05, 0.1) is 12.2 Å². The molecule has 6 nitrogen and oxygen atoms in total. The van der Waals surface area contributed by atoms with Gasteiger partial charge in [-0.2, -0.15) is 8.42 Å². The summed E-state index contributed by atoms with van der Waals surface area (Å²) in [6.07, 6.45) is 5.46. The van der Waals surface area contributed by atoms with Crippen molar-refractivity contribution in [2.45, 2.75) is 5.03 Å². The zero-order valence-electron chi connectivity index (χ0n) is 9.35. The lowest BCUT2D eigenvalue weighted by Gasteiger charge is -2.17. The Morgan fingerprint density at radius 3 is 2.78 bits per heavy atom. The Morgan fingerprint density at radius 2 is 2.11 bits per heavy atom. The van der Waals surface area contributed by atoms with E-state index in [0.29, 0.717) is 0 Å². The van der Waals surface area contributed by atoms with Gasteiger partial charge in [-0.3, -0.25) is 9.10 Å². The van der Waals surface area contributed by atoms with Crippen LogP contribution in [0.15, 0.2) is 53.5 Å². The monoisotopic (exact) mass is 265 g/mol. The van der Waals surface area contributed by atoms with Gasteiger partial charge in [-0.05, 0) is 24.3 Å². The molecular formula is C11H11N3O3S. The molecule has 0 bridgehead atoms. The first-order chi connectivity index (χ1) is 8.51. The van der Waals surface area contributed by atoms with E-state index in [4.69, 9.17) is 5.73 Å². The quantitative estimate of drug-likeness (QED) is 0.813. The van der Waals surface area contributed by atoms with Gasteiger partial charge in [-0.15, -0.1) is 0 Å². The van der Waals surface area contributed by atoms with Crippen molar-refractivity contribution >= 4 is 15.8 Å². The predicted octanol–water partition coefficient (Wildman–Crippen LogP) is 0.0113. The van der Waals surface area contributed by atoms with E-state index in [1.54, 1.807) is 12.1 Å². The van der Waals surface area contributed by atoms with E-state index in [1.807, 2.05) is 0 Å². The van der Waals surface area contributed by atoms with Crippen molar-refractivity contribution in [1.82, 2.24) is 9.29 Å². The number of rotatable bonds is 2. The summed E-state index contributed by atoms with van der Waals surface area (Å²) in [5.74, 6) is -0.445. The van der Waals surface area contributed by atoms with Crippen molar-refractivity contribution in [3.63, 3.8) is 0 Å². The van der Waals surface area contributed by atoms with Crippen molar-refractivity contribution in [2.75, 3.05) is 6.54 Å². The molecule has 7 heteroatoms. The molecule has 1 aromatic rings. The van der Waals surface area contributed by atoms with Gasteiger partial charge >= 0.3 is 0 Å². The van der Waals surface area contributed by atoms with Crippen LogP contribution in [0, 0.1) is 0 Å². The number of nitrogens with zero attached hydrogens (tertiary/aromatic N) is 2. The highest BCUT2D eigenvalue weighted by atomic mass is 32.2. The van der Waals surface area contributed by atoms with E-state index >= 15 is 0 Å². The number of hydrogen-bond donors (Lipinski definition) is 1. The fourth-order valence-corrected chi connectivity index (χ4v) is 2.61. The zero-order chi connectivity index (χ0) is 13.2. The molecule has 1 aliphatic rings. The molecule has 0 unspecified atom stereocenters. The van der Waals surface area contributed by atoms with Crippen molar-refractivity contribution < 1.29 is 13.2 Å². The third-order valence-electron chi connectivity index (χ3n) is 2.36. The van der Waals surface area contributed by atoms with Crippen LogP contribution < -0.4 is 5.73 Å². The van der Waals surface area contributed by atoms with Gasteiger partial charge in [0.2, 0.25) is 0 Å². The average Bonchev–Trinajstić information content (AvgIpc) is 2.54. The first-order valence-electron chi connectivity index (χ1n) is 5.12. The lowest BCUT2D eigenvalue weighted by Crippen LogP contribution is -2.32. The lowest BCUT2D eigenvalue weighted by molar-refractivity contribution is -0.115. The number of nitrogens with two attached hydrogens (primary N) is 1. The molecule has 0 amide bonds. The average molecular weight is 265 g/mol. The number of hydrogen-bond acceptors (Lipinski definition) is 5. The summed E-state index contributed by atoms with van der Waals surface area (Å²) in [5, 5.41) is -0.108. The molecule has 0 saturated heterocycles. The second-order valence-electron chi connectivity index (χ2n) is 3.60. The number of sulfonamides is 1. The SMILES string of the molecule is NC1=CC=CN(S(=O)(=O)c2ccccn2)CC1=O. The van der Waals surface area contributed by atoms with Gasteiger partial charge in [-0.25, -0.2) is 4.98 Å². The Hall–Kier alpha value is -2.15. The number of allylic oxidation sites excluding steroid dienone is 2. The van der Waals surface area contributed by atoms with E-state index in [-0.39, 0.29) is 17.3 Å². The maximum absolute atomic E-state index is 12.2. The van der Waals surface area contributed by atoms with E-state index in [9.17, 15) is 13.2 Å². The molecule has 0 atom stereocenters. The molecule has 18 heavy (non-hydrogen) atoms. The summed E-state index contributed by atoms with van der Waals surface area (Å²) < 4.78 is 25.3. The summed E-state index contributed by atoms with van der Waals surface area (Å²) in [7, 11) is -3.82. The number of carbonyl (C=O) groups is 1. The van der Waals surface area contributed by atoms with Gasteiger partial charge in [-0.1, -0.05) is 6.07 Å². The molecule has 0 fully saturated rings. The highest BCUT2D eigenvalue weighted by Gasteiger charge is 2.26. The Kier molecular flexibility index (Phi) is 3.15. The summed E-state index contributed by atoms with van der Waals surface area (Å²) in [5.41, 5.74) is 5.48. The lowest BCUT2D eigenvalue weighted by atomic mass is 10.3. The molecule has 0 saturated carbocycles. The molecule has 0 radical (unpaired) electrons. The van der Waals surface area contributed by atoms with Gasteiger partial charge in [0.15, 0.2) is 10.8 Å². The Balaban J connectivity index is 2.36. The van der Waals surface area contributed by atoms with Crippen molar-refractivity contribution in [3.05, 3.63) is 48.4 Å². The van der Waals surface area contributed by atoms with Gasteiger partial charge in [0.1, 0.15) is 0 Å². The molecule has 0 spiro atoms. The molecule has 2 rings (SSSR count). The minimum atomic E-state index is -3.82. The number of carbonyl (C=O) groups excluding carboxylic acids is 1. The molecule has 0 aliphatic carbocycles. The Morgan fingerprint density at radius 1 is 1.33 bits per heavy atom. The molecule has 94 valence electrons. The second kappa shape index (κ2) is 4.61. The van der Waals surface area contributed by atoms with Crippen LogP contribution in [0.4, 0.5) is 0 Å². The van der Waals surface area contributed by atoms with Crippen molar-refractivity contribution in [2.24, 2.45) is 5.73 Å². The smallest absolute Gasteiger partial charge is 0.281 e. The third-order valence-corrected chi connectivity index (χ3v) is 4.00.